The minimum Gasteiger partial charge on any atom is -0.469 e. The van der Waals surface area contributed by atoms with E-state index in [0.29, 0.717) is 6.42 Å². The summed E-state index contributed by atoms with van der Waals surface area (Å²) in [6, 6.07) is 5.95. The van der Waals surface area contributed by atoms with E-state index in [1.807, 2.05) is 24.4 Å². The Morgan fingerprint density at radius 3 is 3.06 bits per heavy atom. The lowest BCUT2D eigenvalue weighted by Crippen LogP contribution is -2.34. The van der Waals surface area contributed by atoms with Crippen LogP contribution in [0.1, 0.15) is 24.7 Å². The molecule has 3 nitrogen and oxygen atoms in total. The Hall–Kier alpha value is -1.55. The molecule has 18 heavy (non-hydrogen) atoms. The number of thiophene rings is 1. The Kier molecular flexibility index (Phi) is 4.59. The molecule has 0 radical (unpaired) electrons. The van der Waals surface area contributed by atoms with E-state index in [2.05, 4.69) is 16.8 Å². The minimum absolute atomic E-state index is 0.0975. The van der Waals surface area contributed by atoms with Crippen LogP contribution >= 0.6 is 11.3 Å². The fraction of sp³-hybridized carbons (Fsp3) is 0.357. The molecular weight excluding hydrogens is 246 g/mol. The van der Waals surface area contributed by atoms with Gasteiger partial charge in [-0.15, -0.1) is 0 Å². The number of hydrogen-bond donors (Lipinski definition) is 1. The van der Waals surface area contributed by atoms with Gasteiger partial charge in [-0.05, 0) is 47.9 Å². The highest BCUT2D eigenvalue weighted by Gasteiger charge is 2.09. The molecule has 1 N–H and O–H groups in total. The molecule has 2 heterocycles. The number of carbonyl (C=O) groups is 1. The maximum absolute atomic E-state index is 11.7. The van der Waals surface area contributed by atoms with Crippen LogP contribution in [0.5, 0.6) is 0 Å². The van der Waals surface area contributed by atoms with E-state index in [-0.39, 0.29) is 11.9 Å². The molecule has 0 fully saturated rings. The number of carbonyl (C=O) groups excluding carboxylic acids is 1. The van der Waals surface area contributed by atoms with E-state index >= 15 is 0 Å². The van der Waals surface area contributed by atoms with Crippen LogP contribution in [-0.4, -0.2) is 11.9 Å². The van der Waals surface area contributed by atoms with E-state index in [4.69, 9.17) is 4.42 Å². The molecule has 0 spiro atoms. The molecule has 0 unspecified atom stereocenters. The van der Waals surface area contributed by atoms with Crippen LogP contribution < -0.4 is 5.32 Å². The Labute approximate surface area is 111 Å². The molecule has 1 atom stereocenters. The normalized spacial score (nSPS) is 12.3. The summed E-state index contributed by atoms with van der Waals surface area (Å²) in [6.07, 6.45) is 3.74. The third-order valence-electron chi connectivity index (χ3n) is 2.72. The van der Waals surface area contributed by atoms with Gasteiger partial charge in [0.1, 0.15) is 5.76 Å². The zero-order valence-corrected chi connectivity index (χ0v) is 11.2. The van der Waals surface area contributed by atoms with Gasteiger partial charge in [0, 0.05) is 18.9 Å². The summed E-state index contributed by atoms with van der Waals surface area (Å²) in [5.74, 6) is 1.00. The summed E-state index contributed by atoms with van der Waals surface area (Å²) < 4.78 is 5.25. The van der Waals surface area contributed by atoms with E-state index in [1.165, 1.54) is 5.56 Å². The van der Waals surface area contributed by atoms with Gasteiger partial charge in [0.25, 0.3) is 0 Å². The Morgan fingerprint density at radius 1 is 1.50 bits per heavy atom. The van der Waals surface area contributed by atoms with Crippen molar-refractivity contribution in [2.45, 2.75) is 32.2 Å². The van der Waals surface area contributed by atoms with Crippen LogP contribution in [-0.2, 0) is 17.6 Å². The molecule has 0 aliphatic carbocycles. The Balaban J connectivity index is 1.70. The third-order valence-corrected chi connectivity index (χ3v) is 3.45. The lowest BCUT2D eigenvalue weighted by Gasteiger charge is -2.12. The quantitative estimate of drug-likeness (QED) is 0.870. The molecule has 0 aromatic carbocycles. The van der Waals surface area contributed by atoms with Crippen molar-refractivity contribution in [2.24, 2.45) is 0 Å². The Bertz CT molecular complexity index is 462. The van der Waals surface area contributed by atoms with Crippen molar-refractivity contribution in [1.82, 2.24) is 5.32 Å². The SMILES string of the molecule is C[C@@H](Cc1ccco1)NC(=O)CCc1ccsc1. The highest BCUT2D eigenvalue weighted by Crippen LogP contribution is 2.09. The van der Waals surface area contributed by atoms with Gasteiger partial charge >= 0.3 is 0 Å². The van der Waals surface area contributed by atoms with Crippen molar-refractivity contribution in [3.63, 3.8) is 0 Å². The van der Waals surface area contributed by atoms with Crippen LogP contribution in [0.25, 0.3) is 0 Å². The maximum atomic E-state index is 11.7. The lowest BCUT2D eigenvalue weighted by molar-refractivity contribution is -0.121. The first kappa shape index (κ1) is 12.9. The first-order valence-corrected chi connectivity index (χ1v) is 7.01. The molecule has 0 saturated heterocycles. The van der Waals surface area contributed by atoms with Gasteiger partial charge in [-0.2, -0.15) is 11.3 Å². The van der Waals surface area contributed by atoms with Gasteiger partial charge in [-0.3, -0.25) is 4.79 Å². The van der Waals surface area contributed by atoms with E-state index < -0.39 is 0 Å². The van der Waals surface area contributed by atoms with E-state index in [0.717, 1.165) is 18.6 Å². The summed E-state index contributed by atoms with van der Waals surface area (Å²) >= 11 is 1.66. The van der Waals surface area contributed by atoms with Crippen molar-refractivity contribution in [1.29, 1.82) is 0 Å². The first-order valence-electron chi connectivity index (χ1n) is 6.07. The van der Waals surface area contributed by atoms with Gasteiger partial charge in [-0.1, -0.05) is 0 Å². The van der Waals surface area contributed by atoms with Crippen molar-refractivity contribution < 1.29 is 9.21 Å². The summed E-state index contributed by atoms with van der Waals surface area (Å²) in [5.41, 5.74) is 1.23. The number of rotatable bonds is 6. The molecule has 0 bridgehead atoms. The second kappa shape index (κ2) is 6.40. The second-order valence-corrected chi connectivity index (χ2v) is 5.16. The number of amides is 1. The van der Waals surface area contributed by atoms with Crippen LogP contribution in [0, 0.1) is 0 Å². The summed E-state index contributed by atoms with van der Waals surface area (Å²) in [4.78, 5) is 11.7. The first-order chi connectivity index (χ1) is 8.74. The maximum Gasteiger partial charge on any atom is 0.220 e. The van der Waals surface area contributed by atoms with Crippen LogP contribution in [0.4, 0.5) is 0 Å². The van der Waals surface area contributed by atoms with Crippen molar-refractivity contribution in [2.75, 3.05) is 0 Å². The molecule has 2 aromatic rings. The van der Waals surface area contributed by atoms with Crippen molar-refractivity contribution >= 4 is 17.2 Å². The zero-order chi connectivity index (χ0) is 12.8. The van der Waals surface area contributed by atoms with Gasteiger partial charge < -0.3 is 9.73 Å². The minimum atomic E-state index is 0.0975. The topological polar surface area (TPSA) is 42.2 Å². The molecule has 96 valence electrons. The molecule has 0 saturated carbocycles. The largest absolute Gasteiger partial charge is 0.469 e. The van der Waals surface area contributed by atoms with Gasteiger partial charge in [-0.25, -0.2) is 0 Å². The lowest BCUT2D eigenvalue weighted by atomic mass is 10.1. The Morgan fingerprint density at radius 2 is 2.39 bits per heavy atom. The molecular formula is C14H17NO2S. The fourth-order valence-electron chi connectivity index (χ4n) is 1.82. The standard InChI is InChI=1S/C14H17NO2S/c1-11(9-13-3-2-7-17-13)15-14(16)5-4-12-6-8-18-10-12/h2-3,6-8,10-11H,4-5,9H2,1H3,(H,15,16)/t11-/m0/s1. The van der Waals surface area contributed by atoms with Crippen LogP contribution in [0.3, 0.4) is 0 Å². The molecule has 0 aliphatic rings. The second-order valence-electron chi connectivity index (χ2n) is 4.38. The average Bonchev–Trinajstić information content (AvgIpc) is 2.98. The highest BCUT2D eigenvalue weighted by molar-refractivity contribution is 7.07. The molecule has 0 aliphatic heterocycles. The number of furan rings is 1. The molecule has 2 rings (SSSR count). The fourth-order valence-corrected chi connectivity index (χ4v) is 2.52. The van der Waals surface area contributed by atoms with Crippen molar-refractivity contribution in [3.8, 4) is 0 Å². The third kappa shape index (κ3) is 4.04. The molecule has 2 aromatic heterocycles. The van der Waals surface area contributed by atoms with Gasteiger partial charge in [0.2, 0.25) is 5.91 Å². The number of aryl methyl sites for hydroxylation is 1. The summed E-state index contributed by atoms with van der Waals surface area (Å²) in [6.45, 7) is 1.99. The van der Waals surface area contributed by atoms with E-state index in [9.17, 15) is 4.79 Å². The van der Waals surface area contributed by atoms with Crippen LogP contribution in [0.15, 0.2) is 39.6 Å². The van der Waals surface area contributed by atoms with E-state index in [1.54, 1.807) is 17.6 Å². The number of nitrogens with one attached hydrogen (secondary N) is 1. The highest BCUT2D eigenvalue weighted by atomic mass is 32.1. The molecule has 1 amide bonds. The molecule has 4 heteroatoms. The van der Waals surface area contributed by atoms with Gasteiger partial charge in [0.15, 0.2) is 0 Å². The van der Waals surface area contributed by atoms with Gasteiger partial charge in [0.05, 0.1) is 6.26 Å². The van der Waals surface area contributed by atoms with Crippen LogP contribution in [0.2, 0.25) is 0 Å². The number of hydrogen-bond acceptors (Lipinski definition) is 3. The monoisotopic (exact) mass is 263 g/mol. The smallest absolute Gasteiger partial charge is 0.220 e. The predicted molar refractivity (Wildman–Crippen MR) is 72.7 cm³/mol. The van der Waals surface area contributed by atoms with Crippen molar-refractivity contribution in [3.05, 3.63) is 46.5 Å². The summed E-state index contributed by atoms with van der Waals surface area (Å²) in [5, 5.41) is 7.10. The predicted octanol–water partition coefficient (Wildman–Crippen LogP) is 3.02. The zero-order valence-electron chi connectivity index (χ0n) is 10.4. The average molecular weight is 263 g/mol. The summed E-state index contributed by atoms with van der Waals surface area (Å²) in [7, 11) is 0.